The Hall–Kier alpha value is -1.16. The fraction of sp³-hybridized carbons (Fsp3) is 0.765. The summed E-state index contributed by atoms with van der Waals surface area (Å²) in [5.74, 6) is 2.80. The van der Waals surface area contributed by atoms with E-state index in [0.717, 1.165) is 42.8 Å². The summed E-state index contributed by atoms with van der Waals surface area (Å²) in [5.41, 5.74) is 1.05. The van der Waals surface area contributed by atoms with Crippen molar-refractivity contribution in [2.24, 2.45) is 5.92 Å². The molecule has 1 aliphatic carbocycles. The minimum absolute atomic E-state index is 0.692. The molecule has 4 nitrogen and oxygen atoms in total. The van der Waals surface area contributed by atoms with E-state index in [4.69, 9.17) is 0 Å². The van der Waals surface area contributed by atoms with Crippen LogP contribution >= 0.6 is 0 Å². The van der Waals surface area contributed by atoms with Gasteiger partial charge in [-0.15, -0.1) is 0 Å². The molecule has 1 aromatic heterocycles. The van der Waals surface area contributed by atoms with Gasteiger partial charge >= 0.3 is 0 Å². The summed E-state index contributed by atoms with van der Waals surface area (Å²) in [5, 5.41) is 3.36. The Labute approximate surface area is 129 Å². The highest BCUT2D eigenvalue weighted by atomic mass is 15.2. The molecule has 1 aliphatic rings. The van der Waals surface area contributed by atoms with Crippen LogP contribution in [0.15, 0.2) is 6.07 Å². The summed E-state index contributed by atoms with van der Waals surface area (Å²) in [6.45, 7) is 8.39. The molecule has 1 saturated carbocycles. The minimum Gasteiger partial charge on any atom is -0.370 e. The Bertz CT molecular complexity index is 438. The SMILES string of the molecule is CCCNc1cc(C)nc(CN(C)C2CCC(C)CC2)n1. The summed E-state index contributed by atoms with van der Waals surface area (Å²) >= 11 is 0. The monoisotopic (exact) mass is 290 g/mol. The van der Waals surface area contributed by atoms with E-state index in [0.29, 0.717) is 6.04 Å². The lowest BCUT2D eigenvalue weighted by molar-refractivity contribution is 0.161. The topological polar surface area (TPSA) is 41.1 Å². The van der Waals surface area contributed by atoms with Crippen molar-refractivity contribution in [2.45, 2.75) is 65.5 Å². The van der Waals surface area contributed by atoms with Crippen molar-refractivity contribution in [1.29, 1.82) is 0 Å². The Morgan fingerprint density at radius 3 is 2.62 bits per heavy atom. The van der Waals surface area contributed by atoms with Crippen LogP contribution in [-0.2, 0) is 6.54 Å². The van der Waals surface area contributed by atoms with Crippen LogP contribution in [0.5, 0.6) is 0 Å². The van der Waals surface area contributed by atoms with Crippen molar-refractivity contribution in [3.05, 3.63) is 17.6 Å². The molecule has 1 N–H and O–H groups in total. The number of hydrogen-bond acceptors (Lipinski definition) is 4. The summed E-state index contributed by atoms with van der Waals surface area (Å²) in [6.07, 6.45) is 6.44. The van der Waals surface area contributed by atoms with Crippen LogP contribution in [0.1, 0.15) is 57.5 Å². The Kier molecular flexibility index (Phi) is 5.97. The van der Waals surface area contributed by atoms with Crippen LogP contribution in [0.25, 0.3) is 0 Å². The van der Waals surface area contributed by atoms with Crippen molar-refractivity contribution >= 4 is 5.82 Å². The summed E-state index contributed by atoms with van der Waals surface area (Å²) in [7, 11) is 2.21. The van der Waals surface area contributed by atoms with E-state index in [1.807, 2.05) is 13.0 Å². The lowest BCUT2D eigenvalue weighted by atomic mass is 9.87. The first-order valence-corrected chi connectivity index (χ1v) is 8.37. The zero-order chi connectivity index (χ0) is 15.2. The standard InChI is InChI=1S/C17H30N4/c1-5-10-18-16-11-14(3)19-17(20-16)12-21(4)15-8-6-13(2)7-9-15/h11,13,15H,5-10,12H2,1-4H3,(H,18,19,20). The molecule has 0 radical (unpaired) electrons. The van der Waals surface area contributed by atoms with E-state index in [1.54, 1.807) is 0 Å². The quantitative estimate of drug-likeness (QED) is 0.869. The Morgan fingerprint density at radius 2 is 1.95 bits per heavy atom. The molecule has 2 rings (SSSR count). The van der Waals surface area contributed by atoms with Gasteiger partial charge in [-0.3, -0.25) is 4.90 Å². The number of anilines is 1. The van der Waals surface area contributed by atoms with E-state index in [2.05, 4.69) is 41.1 Å². The van der Waals surface area contributed by atoms with Gasteiger partial charge in [0, 0.05) is 24.3 Å². The van der Waals surface area contributed by atoms with Crippen molar-refractivity contribution in [3.8, 4) is 0 Å². The minimum atomic E-state index is 0.692. The molecule has 118 valence electrons. The molecule has 21 heavy (non-hydrogen) atoms. The van der Waals surface area contributed by atoms with Crippen LogP contribution < -0.4 is 5.32 Å². The van der Waals surface area contributed by atoms with Crippen molar-refractivity contribution in [1.82, 2.24) is 14.9 Å². The highest BCUT2D eigenvalue weighted by Gasteiger charge is 2.22. The molecule has 1 aromatic rings. The smallest absolute Gasteiger partial charge is 0.144 e. The second-order valence-corrected chi connectivity index (χ2v) is 6.57. The maximum Gasteiger partial charge on any atom is 0.144 e. The number of hydrogen-bond donors (Lipinski definition) is 1. The molecule has 0 unspecified atom stereocenters. The van der Waals surface area contributed by atoms with E-state index in [-0.39, 0.29) is 0 Å². The van der Waals surface area contributed by atoms with Gasteiger partial charge in [-0.05, 0) is 52.0 Å². The van der Waals surface area contributed by atoms with Gasteiger partial charge in [0.25, 0.3) is 0 Å². The van der Waals surface area contributed by atoms with Gasteiger partial charge in [-0.25, -0.2) is 9.97 Å². The van der Waals surface area contributed by atoms with E-state index >= 15 is 0 Å². The first-order chi connectivity index (χ1) is 10.1. The van der Waals surface area contributed by atoms with E-state index < -0.39 is 0 Å². The molecule has 0 saturated heterocycles. The molecule has 1 fully saturated rings. The van der Waals surface area contributed by atoms with Crippen LogP contribution in [0, 0.1) is 12.8 Å². The molecule has 0 aromatic carbocycles. The number of rotatable bonds is 6. The normalized spacial score (nSPS) is 22.5. The fourth-order valence-corrected chi connectivity index (χ4v) is 3.08. The molecule has 0 spiro atoms. The maximum atomic E-state index is 4.66. The van der Waals surface area contributed by atoms with Gasteiger partial charge in [0.2, 0.25) is 0 Å². The van der Waals surface area contributed by atoms with E-state index in [9.17, 15) is 0 Å². The maximum absolute atomic E-state index is 4.66. The zero-order valence-corrected chi connectivity index (χ0v) is 14.0. The first-order valence-electron chi connectivity index (χ1n) is 8.37. The number of nitrogens with one attached hydrogen (secondary N) is 1. The van der Waals surface area contributed by atoms with Crippen molar-refractivity contribution in [3.63, 3.8) is 0 Å². The van der Waals surface area contributed by atoms with Gasteiger partial charge in [0.1, 0.15) is 11.6 Å². The molecular weight excluding hydrogens is 260 g/mol. The van der Waals surface area contributed by atoms with Gasteiger partial charge in [0.05, 0.1) is 6.54 Å². The predicted molar refractivity (Wildman–Crippen MR) is 88.4 cm³/mol. The van der Waals surface area contributed by atoms with Crippen LogP contribution in [0.3, 0.4) is 0 Å². The van der Waals surface area contributed by atoms with Gasteiger partial charge in [-0.2, -0.15) is 0 Å². The van der Waals surface area contributed by atoms with Crippen LogP contribution in [0.4, 0.5) is 5.82 Å². The first kappa shape index (κ1) is 16.2. The Morgan fingerprint density at radius 1 is 1.24 bits per heavy atom. The molecular formula is C17H30N4. The van der Waals surface area contributed by atoms with E-state index in [1.165, 1.54) is 25.7 Å². The summed E-state index contributed by atoms with van der Waals surface area (Å²) in [4.78, 5) is 11.7. The highest BCUT2D eigenvalue weighted by Crippen LogP contribution is 2.27. The second kappa shape index (κ2) is 7.74. The lowest BCUT2D eigenvalue weighted by Crippen LogP contribution is -2.35. The summed E-state index contributed by atoms with van der Waals surface area (Å²) < 4.78 is 0. The summed E-state index contributed by atoms with van der Waals surface area (Å²) in [6, 6.07) is 2.72. The third kappa shape index (κ3) is 4.95. The largest absolute Gasteiger partial charge is 0.370 e. The average molecular weight is 290 g/mol. The fourth-order valence-electron chi connectivity index (χ4n) is 3.08. The average Bonchev–Trinajstić information content (AvgIpc) is 2.45. The second-order valence-electron chi connectivity index (χ2n) is 6.57. The lowest BCUT2D eigenvalue weighted by Gasteiger charge is -2.33. The number of aromatic nitrogens is 2. The molecule has 4 heteroatoms. The zero-order valence-electron chi connectivity index (χ0n) is 14.0. The van der Waals surface area contributed by atoms with Crippen LogP contribution in [0.2, 0.25) is 0 Å². The van der Waals surface area contributed by atoms with Crippen LogP contribution in [-0.4, -0.2) is 34.5 Å². The highest BCUT2D eigenvalue weighted by molar-refractivity contribution is 5.35. The third-order valence-electron chi connectivity index (χ3n) is 4.46. The van der Waals surface area contributed by atoms with Gasteiger partial charge in [0.15, 0.2) is 0 Å². The van der Waals surface area contributed by atoms with Crippen molar-refractivity contribution in [2.75, 3.05) is 18.9 Å². The van der Waals surface area contributed by atoms with Gasteiger partial charge < -0.3 is 5.32 Å². The molecule has 1 heterocycles. The molecule has 0 bridgehead atoms. The third-order valence-corrected chi connectivity index (χ3v) is 4.46. The Balaban J connectivity index is 1.96. The molecule has 0 amide bonds. The predicted octanol–water partition coefficient (Wildman–Crippen LogP) is 3.62. The number of nitrogens with zero attached hydrogens (tertiary/aromatic N) is 3. The van der Waals surface area contributed by atoms with Gasteiger partial charge in [-0.1, -0.05) is 13.8 Å². The van der Waals surface area contributed by atoms with Crippen molar-refractivity contribution < 1.29 is 0 Å². The molecule has 0 atom stereocenters. The molecule has 0 aliphatic heterocycles. The number of aryl methyl sites for hydroxylation is 1.